The fraction of sp³-hybridized carbons (Fsp3) is 0. The Bertz CT molecular complexity index is 1430. The average molecular weight is 463 g/mol. The summed E-state index contributed by atoms with van der Waals surface area (Å²) in [4.78, 5) is 34.5. The molecule has 0 aliphatic carbocycles. The number of rotatable bonds is 8. The van der Waals surface area contributed by atoms with E-state index in [9.17, 15) is 9.59 Å². The van der Waals surface area contributed by atoms with Crippen LogP contribution in [0.25, 0.3) is 10.8 Å². The second kappa shape index (κ2) is 9.80. The highest BCUT2D eigenvalue weighted by molar-refractivity contribution is 5.83. The van der Waals surface area contributed by atoms with E-state index in [4.69, 9.17) is 14.2 Å². The van der Waals surface area contributed by atoms with Crippen LogP contribution >= 0.6 is 0 Å². The molecule has 0 N–H and O–H groups in total. The van der Waals surface area contributed by atoms with Gasteiger partial charge in [0.1, 0.15) is 29.8 Å². The molecule has 5 rings (SSSR count). The molecule has 0 radical (unpaired) electrons. The highest BCUT2D eigenvalue weighted by Crippen LogP contribution is 2.28. The minimum Gasteiger partial charge on any atom is -0.424 e. The van der Waals surface area contributed by atoms with E-state index in [2.05, 4.69) is 15.0 Å². The molecule has 0 bridgehead atoms. The quantitative estimate of drug-likeness (QED) is 0.257. The molecule has 0 atom stereocenters. The molecule has 0 saturated carbocycles. The third-order valence-corrected chi connectivity index (χ3v) is 4.95. The second-order valence-electron chi connectivity index (χ2n) is 7.37. The molecule has 0 aliphatic rings. The maximum Gasteiger partial charge on any atom is 0.331 e. The summed E-state index contributed by atoms with van der Waals surface area (Å²) >= 11 is 0. The molecule has 0 unspecified atom stereocenters. The van der Waals surface area contributed by atoms with Crippen molar-refractivity contribution in [1.29, 1.82) is 0 Å². The Hall–Kier alpha value is -5.11. The van der Waals surface area contributed by atoms with Gasteiger partial charge in [0.05, 0.1) is 0 Å². The standard InChI is InChI=1S/C27H17N3O5/c31-16-18-5-10-22(11-6-18)33-25-28-26(34-23-12-7-19(17-32)8-13-23)30-27(29-25)35-24-14-9-20-3-1-2-4-21(20)15-24/h1-17H. The molecule has 0 aliphatic heterocycles. The number of nitrogens with zero attached hydrogens (tertiary/aromatic N) is 3. The SMILES string of the molecule is O=Cc1ccc(Oc2nc(Oc3ccc(C=O)cc3)nc(Oc3ccc4ccccc4c3)n2)cc1. The fourth-order valence-electron chi connectivity index (χ4n) is 3.23. The van der Waals surface area contributed by atoms with Crippen LogP contribution in [0.3, 0.4) is 0 Å². The van der Waals surface area contributed by atoms with Crippen molar-refractivity contribution in [3.05, 3.63) is 102 Å². The number of benzene rings is 4. The van der Waals surface area contributed by atoms with Crippen molar-refractivity contribution >= 4 is 23.3 Å². The van der Waals surface area contributed by atoms with Crippen molar-refractivity contribution in [2.45, 2.75) is 0 Å². The Morgan fingerprint density at radius 1 is 0.486 bits per heavy atom. The van der Waals surface area contributed by atoms with E-state index in [1.165, 1.54) is 0 Å². The number of carbonyl (C=O) groups excluding carboxylic acids is 2. The van der Waals surface area contributed by atoms with Crippen molar-refractivity contribution in [2.75, 3.05) is 0 Å². The van der Waals surface area contributed by atoms with Gasteiger partial charge in [-0.05, 0) is 71.4 Å². The van der Waals surface area contributed by atoms with Crippen molar-refractivity contribution in [3.8, 4) is 35.3 Å². The number of fused-ring (bicyclic) bond motifs is 1. The van der Waals surface area contributed by atoms with E-state index in [1.54, 1.807) is 48.5 Å². The summed E-state index contributed by atoms with van der Waals surface area (Å²) in [6.45, 7) is 0. The van der Waals surface area contributed by atoms with Crippen molar-refractivity contribution in [1.82, 2.24) is 15.0 Å². The molecule has 35 heavy (non-hydrogen) atoms. The average Bonchev–Trinajstić information content (AvgIpc) is 2.89. The first-order valence-corrected chi connectivity index (χ1v) is 10.6. The number of aldehydes is 2. The maximum absolute atomic E-state index is 10.9. The number of hydrogen-bond acceptors (Lipinski definition) is 8. The maximum atomic E-state index is 10.9. The van der Waals surface area contributed by atoms with E-state index >= 15 is 0 Å². The molecule has 0 saturated heterocycles. The molecule has 0 spiro atoms. The largest absolute Gasteiger partial charge is 0.424 e. The van der Waals surface area contributed by atoms with Gasteiger partial charge in [-0.2, -0.15) is 0 Å². The molecular weight excluding hydrogens is 446 g/mol. The molecule has 1 aromatic heterocycles. The molecule has 170 valence electrons. The first kappa shape index (κ1) is 21.7. The van der Waals surface area contributed by atoms with Gasteiger partial charge in [0.25, 0.3) is 0 Å². The minimum atomic E-state index is -0.0610. The first-order chi connectivity index (χ1) is 17.2. The van der Waals surface area contributed by atoms with Crippen LogP contribution in [-0.4, -0.2) is 27.5 Å². The molecule has 0 amide bonds. The highest BCUT2D eigenvalue weighted by Gasteiger charge is 2.13. The van der Waals surface area contributed by atoms with Gasteiger partial charge >= 0.3 is 18.0 Å². The number of carbonyl (C=O) groups is 2. The predicted octanol–water partition coefficient (Wildman–Crippen LogP) is 6.03. The zero-order valence-electron chi connectivity index (χ0n) is 18.2. The predicted molar refractivity (Wildman–Crippen MR) is 128 cm³/mol. The third kappa shape index (κ3) is 5.28. The Labute approximate surface area is 199 Å². The smallest absolute Gasteiger partial charge is 0.331 e. The third-order valence-electron chi connectivity index (χ3n) is 4.95. The topological polar surface area (TPSA) is 101 Å². The molecule has 1 heterocycles. The number of ether oxygens (including phenoxy) is 3. The summed E-state index contributed by atoms with van der Waals surface area (Å²) in [7, 11) is 0. The van der Waals surface area contributed by atoms with E-state index in [0.29, 0.717) is 28.4 Å². The van der Waals surface area contributed by atoms with Gasteiger partial charge in [-0.25, -0.2) is 0 Å². The number of hydrogen-bond donors (Lipinski definition) is 0. The molecule has 8 nitrogen and oxygen atoms in total. The molecular formula is C27H17N3O5. The van der Waals surface area contributed by atoms with Gasteiger partial charge in [0, 0.05) is 11.1 Å². The Morgan fingerprint density at radius 3 is 1.40 bits per heavy atom. The van der Waals surface area contributed by atoms with Crippen LogP contribution in [0.2, 0.25) is 0 Å². The summed E-state index contributed by atoms with van der Waals surface area (Å²) < 4.78 is 17.4. The lowest BCUT2D eigenvalue weighted by Gasteiger charge is -2.10. The lowest BCUT2D eigenvalue weighted by atomic mass is 10.1. The van der Waals surface area contributed by atoms with Gasteiger partial charge < -0.3 is 14.2 Å². The van der Waals surface area contributed by atoms with E-state index in [-0.39, 0.29) is 18.0 Å². The van der Waals surface area contributed by atoms with Gasteiger partial charge in [-0.3, -0.25) is 9.59 Å². The zero-order chi connectivity index (χ0) is 24.0. The van der Waals surface area contributed by atoms with E-state index in [1.807, 2.05) is 42.5 Å². The van der Waals surface area contributed by atoms with Gasteiger partial charge in [-0.15, -0.1) is 15.0 Å². The lowest BCUT2D eigenvalue weighted by Crippen LogP contribution is -2.01. The van der Waals surface area contributed by atoms with Crippen LogP contribution in [0.1, 0.15) is 20.7 Å². The van der Waals surface area contributed by atoms with Crippen molar-refractivity contribution in [2.24, 2.45) is 0 Å². The normalized spacial score (nSPS) is 10.5. The van der Waals surface area contributed by atoms with Crippen LogP contribution in [0.15, 0.2) is 91.0 Å². The summed E-state index contributed by atoms with van der Waals surface area (Å²) in [5.41, 5.74) is 1.02. The van der Waals surface area contributed by atoms with Crippen molar-refractivity contribution < 1.29 is 23.8 Å². The fourth-order valence-corrected chi connectivity index (χ4v) is 3.23. The first-order valence-electron chi connectivity index (χ1n) is 10.6. The van der Waals surface area contributed by atoms with Crippen LogP contribution < -0.4 is 14.2 Å². The summed E-state index contributed by atoms with van der Waals surface area (Å²) in [5, 5.41) is 2.07. The van der Waals surface area contributed by atoms with Gasteiger partial charge in [0.15, 0.2) is 0 Å². The van der Waals surface area contributed by atoms with Crippen LogP contribution in [0.4, 0.5) is 0 Å². The molecule has 4 aromatic carbocycles. The monoisotopic (exact) mass is 463 g/mol. The summed E-state index contributed by atoms with van der Waals surface area (Å²) in [6, 6.07) is 26.3. The van der Waals surface area contributed by atoms with Crippen LogP contribution in [0.5, 0.6) is 35.3 Å². The lowest BCUT2D eigenvalue weighted by molar-refractivity contribution is 0.111. The zero-order valence-corrected chi connectivity index (χ0v) is 18.2. The Morgan fingerprint density at radius 2 is 0.914 bits per heavy atom. The van der Waals surface area contributed by atoms with E-state index < -0.39 is 0 Å². The Balaban J connectivity index is 1.46. The van der Waals surface area contributed by atoms with Crippen LogP contribution in [0, 0.1) is 0 Å². The van der Waals surface area contributed by atoms with Crippen LogP contribution in [-0.2, 0) is 0 Å². The highest BCUT2D eigenvalue weighted by atomic mass is 16.5. The molecule has 5 aromatic rings. The van der Waals surface area contributed by atoms with Gasteiger partial charge in [-0.1, -0.05) is 30.3 Å². The molecule has 8 heteroatoms. The Kier molecular flexibility index (Phi) is 6.08. The minimum absolute atomic E-state index is 0.0331. The van der Waals surface area contributed by atoms with E-state index in [0.717, 1.165) is 23.3 Å². The van der Waals surface area contributed by atoms with Crippen molar-refractivity contribution in [3.63, 3.8) is 0 Å². The second-order valence-corrected chi connectivity index (χ2v) is 7.37. The summed E-state index contributed by atoms with van der Waals surface area (Å²) in [6.07, 6.45) is 1.48. The number of aromatic nitrogens is 3. The molecule has 0 fully saturated rings. The van der Waals surface area contributed by atoms with Gasteiger partial charge in [0.2, 0.25) is 0 Å². The summed E-state index contributed by atoms with van der Waals surface area (Å²) in [5.74, 6) is 1.36.